The fraction of sp³-hybridized carbons (Fsp3) is 0.357. The molecule has 0 spiro atoms. The average Bonchev–Trinajstić information content (AvgIpc) is 2.84. The number of aromatic nitrogens is 2. The van der Waals surface area contributed by atoms with E-state index in [4.69, 9.17) is 0 Å². The molecule has 17 heavy (non-hydrogen) atoms. The molecule has 0 saturated carbocycles. The monoisotopic (exact) mass is 230 g/mol. The molecule has 0 saturated heterocycles. The lowest BCUT2D eigenvalue weighted by molar-refractivity contribution is 0.166. The second-order valence-corrected chi connectivity index (χ2v) is 4.09. The molecule has 2 rings (SSSR count). The van der Waals surface area contributed by atoms with Gasteiger partial charge < -0.3 is 9.67 Å². The van der Waals surface area contributed by atoms with E-state index in [1.807, 2.05) is 42.7 Å². The van der Waals surface area contributed by atoms with Gasteiger partial charge in [-0.2, -0.15) is 0 Å². The quantitative estimate of drug-likeness (QED) is 0.857. The molecule has 3 heteroatoms. The normalized spacial score (nSPS) is 12.6. The van der Waals surface area contributed by atoms with Gasteiger partial charge in [0.1, 0.15) is 5.82 Å². The van der Waals surface area contributed by atoms with Crippen LogP contribution in [0.15, 0.2) is 42.7 Å². The van der Waals surface area contributed by atoms with Crippen LogP contribution < -0.4 is 0 Å². The van der Waals surface area contributed by atoms with E-state index in [2.05, 4.69) is 16.5 Å². The maximum absolute atomic E-state index is 10.0. The van der Waals surface area contributed by atoms with Crippen molar-refractivity contribution in [2.24, 2.45) is 0 Å². The Labute approximate surface area is 102 Å². The molecule has 0 aliphatic carbocycles. The van der Waals surface area contributed by atoms with Gasteiger partial charge in [0.15, 0.2) is 0 Å². The van der Waals surface area contributed by atoms with Gasteiger partial charge in [-0.1, -0.05) is 30.3 Å². The average molecular weight is 230 g/mol. The van der Waals surface area contributed by atoms with Crippen molar-refractivity contribution >= 4 is 0 Å². The Kier molecular flexibility index (Phi) is 3.94. The highest BCUT2D eigenvalue weighted by Gasteiger charge is 2.09. The van der Waals surface area contributed by atoms with Crippen LogP contribution in [0.4, 0.5) is 0 Å². The van der Waals surface area contributed by atoms with Gasteiger partial charge >= 0.3 is 0 Å². The van der Waals surface area contributed by atoms with Gasteiger partial charge in [-0.15, -0.1) is 0 Å². The zero-order valence-corrected chi connectivity index (χ0v) is 10.1. The smallest absolute Gasteiger partial charge is 0.108 e. The number of rotatable bonds is 5. The first kappa shape index (κ1) is 11.9. The molecule has 90 valence electrons. The SMILES string of the molecule is CCn1ccnc1CCC(O)c1ccccc1. The number of hydrogen-bond donors (Lipinski definition) is 1. The molecule has 1 heterocycles. The van der Waals surface area contributed by atoms with Crippen molar-refractivity contribution in [3.63, 3.8) is 0 Å². The minimum atomic E-state index is -0.404. The fourth-order valence-electron chi connectivity index (χ4n) is 1.96. The maximum Gasteiger partial charge on any atom is 0.108 e. The fourth-order valence-corrected chi connectivity index (χ4v) is 1.96. The van der Waals surface area contributed by atoms with Crippen LogP contribution in [0.1, 0.15) is 30.8 Å². The number of benzene rings is 1. The molecule has 0 aliphatic rings. The predicted octanol–water partition coefficient (Wildman–Crippen LogP) is 2.57. The summed E-state index contributed by atoms with van der Waals surface area (Å²) in [6.45, 7) is 3.02. The van der Waals surface area contributed by atoms with E-state index in [-0.39, 0.29) is 0 Å². The lowest BCUT2D eigenvalue weighted by atomic mass is 10.1. The summed E-state index contributed by atoms with van der Waals surface area (Å²) in [5.74, 6) is 1.04. The number of aliphatic hydroxyl groups excluding tert-OH is 1. The van der Waals surface area contributed by atoms with Crippen molar-refractivity contribution in [1.82, 2.24) is 9.55 Å². The molecule has 1 unspecified atom stereocenters. The minimum Gasteiger partial charge on any atom is -0.388 e. The van der Waals surface area contributed by atoms with E-state index in [0.29, 0.717) is 6.42 Å². The highest BCUT2D eigenvalue weighted by Crippen LogP contribution is 2.18. The van der Waals surface area contributed by atoms with E-state index in [9.17, 15) is 5.11 Å². The van der Waals surface area contributed by atoms with E-state index in [1.54, 1.807) is 0 Å². The second kappa shape index (κ2) is 5.64. The number of aliphatic hydroxyl groups is 1. The van der Waals surface area contributed by atoms with Crippen LogP contribution in [-0.4, -0.2) is 14.7 Å². The van der Waals surface area contributed by atoms with Crippen LogP contribution in [-0.2, 0) is 13.0 Å². The Hall–Kier alpha value is -1.61. The Morgan fingerprint density at radius 1 is 1.29 bits per heavy atom. The van der Waals surface area contributed by atoms with Crippen molar-refractivity contribution in [3.05, 3.63) is 54.1 Å². The van der Waals surface area contributed by atoms with Crippen LogP contribution >= 0.6 is 0 Å². The van der Waals surface area contributed by atoms with Crippen LogP contribution in [0.5, 0.6) is 0 Å². The van der Waals surface area contributed by atoms with E-state index < -0.39 is 6.10 Å². The van der Waals surface area contributed by atoms with E-state index >= 15 is 0 Å². The molecule has 1 aromatic heterocycles. The standard InChI is InChI=1S/C14H18N2O/c1-2-16-11-10-15-14(16)9-8-13(17)12-6-4-3-5-7-12/h3-7,10-11,13,17H,2,8-9H2,1H3. The summed E-state index contributed by atoms with van der Waals surface area (Å²) in [6, 6.07) is 9.77. The number of imidazole rings is 1. The largest absolute Gasteiger partial charge is 0.388 e. The molecule has 0 fully saturated rings. The van der Waals surface area contributed by atoms with Gasteiger partial charge in [0.05, 0.1) is 6.10 Å². The van der Waals surface area contributed by atoms with Gasteiger partial charge in [-0.3, -0.25) is 0 Å². The van der Waals surface area contributed by atoms with Crippen LogP contribution in [0.3, 0.4) is 0 Å². The van der Waals surface area contributed by atoms with Gasteiger partial charge in [0, 0.05) is 25.4 Å². The summed E-state index contributed by atoms with van der Waals surface area (Å²) >= 11 is 0. The molecule has 0 amide bonds. The molecule has 2 aromatic rings. The highest BCUT2D eigenvalue weighted by molar-refractivity contribution is 5.17. The van der Waals surface area contributed by atoms with Gasteiger partial charge in [-0.05, 0) is 18.9 Å². The summed E-state index contributed by atoms with van der Waals surface area (Å²) in [6.07, 6.45) is 4.90. The third kappa shape index (κ3) is 2.94. The molecular weight excluding hydrogens is 212 g/mol. The first-order valence-electron chi connectivity index (χ1n) is 6.04. The third-order valence-electron chi connectivity index (χ3n) is 2.97. The molecule has 0 aliphatic heterocycles. The summed E-state index contributed by atoms with van der Waals surface area (Å²) < 4.78 is 2.11. The van der Waals surface area contributed by atoms with Crippen molar-refractivity contribution < 1.29 is 5.11 Å². The first-order chi connectivity index (χ1) is 8.31. The van der Waals surface area contributed by atoms with E-state index in [0.717, 1.165) is 24.4 Å². The van der Waals surface area contributed by atoms with Crippen molar-refractivity contribution in [2.45, 2.75) is 32.4 Å². The second-order valence-electron chi connectivity index (χ2n) is 4.09. The van der Waals surface area contributed by atoms with Crippen molar-refractivity contribution in [3.8, 4) is 0 Å². The first-order valence-corrected chi connectivity index (χ1v) is 6.04. The molecule has 1 atom stereocenters. The summed E-state index contributed by atoms with van der Waals surface area (Å²) in [5.41, 5.74) is 0.974. The Bertz CT molecular complexity index is 450. The van der Waals surface area contributed by atoms with E-state index in [1.165, 1.54) is 0 Å². The van der Waals surface area contributed by atoms with Crippen molar-refractivity contribution in [1.29, 1.82) is 0 Å². The van der Waals surface area contributed by atoms with Gasteiger partial charge in [0.25, 0.3) is 0 Å². The zero-order valence-electron chi connectivity index (χ0n) is 10.1. The predicted molar refractivity (Wildman–Crippen MR) is 67.6 cm³/mol. The molecule has 0 radical (unpaired) electrons. The Balaban J connectivity index is 1.95. The van der Waals surface area contributed by atoms with Crippen molar-refractivity contribution in [2.75, 3.05) is 0 Å². The zero-order chi connectivity index (χ0) is 12.1. The lowest BCUT2D eigenvalue weighted by Gasteiger charge is -2.11. The molecule has 1 N–H and O–H groups in total. The van der Waals surface area contributed by atoms with Crippen LogP contribution in [0, 0.1) is 0 Å². The summed E-state index contributed by atoms with van der Waals surface area (Å²) in [4.78, 5) is 4.30. The Morgan fingerprint density at radius 2 is 2.06 bits per heavy atom. The molecule has 1 aromatic carbocycles. The van der Waals surface area contributed by atoms with Crippen LogP contribution in [0.25, 0.3) is 0 Å². The third-order valence-corrected chi connectivity index (χ3v) is 2.97. The molecule has 3 nitrogen and oxygen atoms in total. The number of nitrogens with zero attached hydrogens (tertiary/aromatic N) is 2. The highest BCUT2D eigenvalue weighted by atomic mass is 16.3. The van der Waals surface area contributed by atoms with Gasteiger partial charge in [-0.25, -0.2) is 4.98 Å². The topological polar surface area (TPSA) is 38.0 Å². The molecule has 0 bridgehead atoms. The van der Waals surface area contributed by atoms with Crippen LogP contribution in [0.2, 0.25) is 0 Å². The van der Waals surface area contributed by atoms with Gasteiger partial charge in [0.2, 0.25) is 0 Å². The minimum absolute atomic E-state index is 0.404. The summed E-state index contributed by atoms with van der Waals surface area (Å²) in [5, 5.41) is 10.0. The Morgan fingerprint density at radius 3 is 2.76 bits per heavy atom. The summed E-state index contributed by atoms with van der Waals surface area (Å²) in [7, 11) is 0. The number of hydrogen-bond acceptors (Lipinski definition) is 2. The number of aryl methyl sites for hydroxylation is 2. The maximum atomic E-state index is 10.0. The lowest BCUT2D eigenvalue weighted by Crippen LogP contribution is -2.05. The molecular formula is C14H18N2O.